The maximum atomic E-state index is 12.0. The number of carbonyl (C=O) groups is 1. The number of methoxy groups -OCH3 is 1. The Morgan fingerprint density at radius 3 is 2.89 bits per heavy atom. The highest BCUT2D eigenvalue weighted by molar-refractivity contribution is 9.10. The second kappa shape index (κ2) is 7.03. The second-order valence-electron chi connectivity index (χ2n) is 4.59. The molecular formula is C14H18BrNO3. The van der Waals surface area contributed by atoms with E-state index in [1.165, 1.54) is 0 Å². The van der Waals surface area contributed by atoms with Crippen LogP contribution in [0.3, 0.4) is 0 Å². The van der Waals surface area contributed by atoms with Gasteiger partial charge in [0.1, 0.15) is 0 Å². The van der Waals surface area contributed by atoms with E-state index in [1.54, 1.807) is 7.11 Å². The number of hydrogen-bond donors (Lipinski definition) is 0. The third-order valence-corrected chi connectivity index (χ3v) is 3.58. The first-order valence-electron chi connectivity index (χ1n) is 6.32. The zero-order valence-corrected chi connectivity index (χ0v) is 12.6. The molecule has 1 aromatic rings. The molecule has 1 fully saturated rings. The zero-order valence-electron chi connectivity index (χ0n) is 11.0. The van der Waals surface area contributed by atoms with Crippen LogP contribution in [0.2, 0.25) is 0 Å². The van der Waals surface area contributed by atoms with Crippen LogP contribution in [-0.4, -0.2) is 50.3 Å². The molecule has 0 bridgehead atoms. The number of ether oxygens (including phenoxy) is 2. The number of hydrogen-bond acceptors (Lipinski definition) is 3. The molecule has 104 valence electrons. The van der Waals surface area contributed by atoms with Gasteiger partial charge in [-0.05, 0) is 17.7 Å². The molecule has 1 aromatic carbocycles. The maximum Gasteiger partial charge on any atom is 0.227 e. The van der Waals surface area contributed by atoms with E-state index in [0.29, 0.717) is 32.7 Å². The van der Waals surface area contributed by atoms with Gasteiger partial charge in [0.15, 0.2) is 0 Å². The molecule has 1 aliphatic heterocycles. The molecule has 0 aromatic heterocycles. The van der Waals surface area contributed by atoms with Crippen LogP contribution in [0.4, 0.5) is 0 Å². The average molecular weight is 328 g/mol. The molecule has 1 saturated heterocycles. The van der Waals surface area contributed by atoms with Crippen molar-refractivity contribution in [1.82, 2.24) is 4.90 Å². The lowest BCUT2D eigenvalue weighted by Crippen LogP contribution is -2.55. The quantitative estimate of drug-likeness (QED) is 0.749. The van der Waals surface area contributed by atoms with Crippen molar-refractivity contribution in [1.29, 1.82) is 0 Å². The fraction of sp³-hybridized carbons (Fsp3) is 0.500. The summed E-state index contributed by atoms with van der Waals surface area (Å²) in [6.07, 6.45) is 0.617. The van der Waals surface area contributed by atoms with Gasteiger partial charge in [-0.25, -0.2) is 0 Å². The summed E-state index contributed by atoms with van der Waals surface area (Å²) in [6.45, 7) is 2.57. The third kappa shape index (κ3) is 4.30. The standard InChI is InChI=1S/C14H18BrNO3/c1-18-5-6-19-13-9-16(10-13)14(17)8-11-3-2-4-12(15)7-11/h2-4,7,13H,5-6,8-10H2,1H3. The van der Waals surface area contributed by atoms with Gasteiger partial charge in [0.05, 0.1) is 25.7 Å². The summed E-state index contributed by atoms with van der Waals surface area (Å²) < 4.78 is 11.5. The van der Waals surface area contributed by atoms with Crippen molar-refractivity contribution in [2.24, 2.45) is 0 Å². The molecule has 2 rings (SSSR count). The molecule has 0 N–H and O–H groups in total. The summed E-state index contributed by atoms with van der Waals surface area (Å²) >= 11 is 3.41. The van der Waals surface area contributed by atoms with Crippen LogP contribution in [-0.2, 0) is 20.7 Å². The Hall–Kier alpha value is -0.910. The Balaban J connectivity index is 1.71. The molecule has 0 aliphatic carbocycles. The molecule has 19 heavy (non-hydrogen) atoms. The first kappa shape index (κ1) is 14.5. The highest BCUT2D eigenvalue weighted by Crippen LogP contribution is 2.16. The van der Waals surface area contributed by atoms with E-state index in [1.807, 2.05) is 29.2 Å². The van der Waals surface area contributed by atoms with Gasteiger partial charge < -0.3 is 14.4 Å². The number of amides is 1. The molecule has 0 atom stereocenters. The predicted octanol–water partition coefficient (Wildman–Crippen LogP) is 1.87. The highest BCUT2D eigenvalue weighted by Gasteiger charge is 2.30. The summed E-state index contributed by atoms with van der Waals surface area (Å²) in [5, 5.41) is 0. The molecule has 4 nitrogen and oxygen atoms in total. The molecule has 0 spiro atoms. The van der Waals surface area contributed by atoms with Gasteiger partial charge in [-0.2, -0.15) is 0 Å². The van der Waals surface area contributed by atoms with Gasteiger partial charge in [-0.3, -0.25) is 4.79 Å². The number of benzene rings is 1. The molecule has 0 radical (unpaired) electrons. The van der Waals surface area contributed by atoms with E-state index >= 15 is 0 Å². The summed E-state index contributed by atoms with van der Waals surface area (Å²) in [5.74, 6) is 0.157. The van der Waals surface area contributed by atoms with Gasteiger partial charge in [0, 0.05) is 24.7 Å². The van der Waals surface area contributed by atoms with Crippen LogP contribution in [0.15, 0.2) is 28.7 Å². The summed E-state index contributed by atoms with van der Waals surface area (Å²) in [6, 6.07) is 7.84. The van der Waals surface area contributed by atoms with Crippen molar-refractivity contribution < 1.29 is 14.3 Å². The largest absolute Gasteiger partial charge is 0.382 e. The summed E-state index contributed by atoms with van der Waals surface area (Å²) in [5.41, 5.74) is 1.03. The minimum absolute atomic E-state index is 0.157. The summed E-state index contributed by atoms with van der Waals surface area (Å²) in [7, 11) is 1.65. The van der Waals surface area contributed by atoms with Crippen LogP contribution in [0, 0.1) is 0 Å². The minimum Gasteiger partial charge on any atom is -0.382 e. The molecule has 1 amide bonds. The minimum atomic E-state index is 0.157. The van der Waals surface area contributed by atoms with Crippen LogP contribution >= 0.6 is 15.9 Å². The average Bonchev–Trinajstić information content (AvgIpc) is 2.32. The first-order chi connectivity index (χ1) is 9.19. The highest BCUT2D eigenvalue weighted by atomic mass is 79.9. The van der Waals surface area contributed by atoms with Crippen LogP contribution in [0.5, 0.6) is 0 Å². The molecule has 0 unspecified atom stereocenters. The number of halogens is 1. The van der Waals surface area contributed by atoms with E-state index in [-0.39, 0.29) is 12.0 Å². The molecule has 5 heteroatoms. The molecular weight excluding hydrogens is 310 g/mol. The normalized spacial score (nSPS) is 15.4. The number of nitrogens with zero attached hydrogens (tertiary/aromatic N) is 1. The number of likely N-dealkylation sites (tertiary alicyclic amines) is 1. The lowest BCUT2D eigenvalue weighted by atomic mass is 10.1. The van der Waals surface area contributed by atoms with Crippen molar-refractivity contribution in [2.45, 2.75) is 12.5 Å². The predicted molar refractivity (Wildman–Crippen MR) is 76.0 cm³/mol. The molecule has 1 aliphatic rings. The van der Waals surface area contributed by atoms with Gasteiger partial charge in [-0.15, -0.1) is 0 Å². The number of rotatable bonds is 6. The topological polar surface area (TPSA) is 38.8 Å². The Morgan fingerprint density at radius 2 is 2.21 bits per heavy atom. The summed E-state index contributed by atoms with van der Waals surface area (Å²) in [4.78, 5) is 13.8. The van der Waals surface area contributed by atoms with Crippen molar-refractivity contribution in [3.8, 4) is 0 Å². The second-order valence-corrected chi connectivity index (χ2v) is 5.51. The van der Waals surface area contributed by atoms with E-state index in [0.717, 1.165) is 10.0 Å². The van der Waals surface area contributed by atoms with E-state index < -0.39 is 0 Å². The Labute approximate surface area is 121 Å². The zero-order chi connectivity index (χ0) is 13.7. The lowest BCUT2D eigenvalue weighted by Gasteiger charge is -2.39. The smallest absolute Gasteiger partial charge is 0.227 e. The third-order valence-electron chi connectivity index (χ3n) is 3.09. The Bertz CT molecular complexity index is 432. The van der Waals surface area contributed by atoms with Crippen molar-refractivity contribution >= 4 is 21.8 Å². The number of carbonyl (C=O) groups excluding carboxylic acids is 1. The van der Waals surface area contributed by atoms with Crippen LogP contribution in [0.1, 0.15) is 5.56 Å². The monoisotopic (exact) mass is 327 g/mol. The van der Waals surface area contributed by atoms with Crippen LogP contribution in [0.25, 0.3) is 0 Å². The lowest BCUT2D eigenvalue weighted by molar-refractivity contribution is -0.145. The van der Waals surface area contributed by atoms with Crippen molar-refractivity contribution in [3.63, 3.8) is 0 Å². The Morgan fingerprint density at radius 1 is 1.42 bits per heavy atom. The fourth-order valence-electron chi connectivity index (χ4n) is 1.98. The van der Waals surface area contributed by atoms with E-state index in [4.69, 9.17) is 9.47 Å². The fourth-order valence-corrected chi connectivity index (χ4v) is 2.43. The first-order valence-corrected chi connectivity index (χ1v) is 7.11. The van der Waals surface area contributed by atoms with E-state index in [2.05, 4.69) is 15.9 Å². The van der Waals surface area contributed by atoms with Gasteiger partial charge in [0.25, 0.3) is 0 Å². The van der Waals surface area contributed by atoms with Gasteiger partial charge >= 0.3 is 0 Å². The Kier molecular flexibility index (Phi) is 5.36. The van der Waals surface area contributed by atoms with Crippen LogP contribution < -0.4 is 0 Å². The van der Waals surface area contributed by atoms with Crippen molar-refractivity contribution in [3.05, 3.63) is 34.3 Å². The van der Waals surface area contributed by atoms with Gasteiger partial charge in [-0.1, -0.05) is 28.1 Å². The van der Waals surface area contributed by atoms with Crippen molar-refractivity contribution in [2.75, 3.05) is 33.4 Å². The van der Waals surface area contributed by atoms with E-state index in [9.17, 15) is 4.79 Å². The molecule has 0 saturated carbocycles. The van der Waals surface area contributed by atoms with Gasteiger partial charge in [0.2, 0.25) is 5.91 Å². The maximum absolute atomic E-state index is 12.0. The molecule has 1 heterocycles. The SMILES string of the molecule is COCCOC1CN(C(=O)Cc2cccc(Br)c2)C1.